The first-order chi connectivity index (χ1) is 6.74. The third-order valence-electron chi connectivity index (χ3n) is 2.28. The molecule has 1 heterocycles. The number of ether oxygens (including phenoxy) is 1. The average Bonchev–Trinajstić information content (AvgIpc) is 2.58. The van der Waals surface area contributed by atoms with Gasteiger partial charge >= 0.3 is 0 Å². The van der Waals surface area contributed by atoms with Crippen molar-refractivity contribution in [3.05, 3.63) is 23.8 Å². The van der Waals surface area contributed by atoms with E-state index in [1.54, 1.807) is 18.4 Å². The van der Waals surface area contributed by atoms with Gasteiger partial charge in [-0.1, -0.05) is 18.3 Å². The number of methoxy groups -OCH3 is 1. The van der Waals surface area contributed by atoms with Crippen LogP contribution in [0.2, 0.25) is 0 Å². The molecule has 14 heavy (non-hydrogen) atoms. The van der Waals surface area contributed by atoms with Gasteiger partial charge in [0.05, 0.1) is 7.11 Å². The van der Waals surface area contributed by atoms with E-state index < -0.39 is 0 Å². The first-order valence-electron chi connectivity index (χ1n) is 4.54. The van der Waals surface area contributed by atoms with Crippen LogP contribution < -0.4 is 4.74 Å². The molecule has 0 saturated heterocycles. The molecular weight excluding hydrogens is 212 g/mol. The van der Waals surface area contributed by atoms with Crippen molar-refractivity contribution in [2.24, 2.45) is 0 Å². The Morgan fingerprint density at radius 1 is 1.36 bits per heavy atom. The van der Waals surface area contributed by atoms with Crippen molar-refractivity contribution in [2.45, 2.75) is 18.2 Å². The molecule has 0 atom stereocenters. The lowest BCUT2D eigenvalue weighted by Gasteiger charge is -2.00. The average molecular weight is 224 g/mol. The quantitative estimate of drug-likeness (QED) is 0.764. The molecule has 0 saturated carbocycles. The smallest absolute Gasteiger partial charge is 0.174 e. The van der Waals surface area contributed by atoms with Gasteiger partial charge in [-0.2, -0.15) is 0 Å². The topological polar surface area (TPSA) is 9.23 Å². The number of thiophene rings is 1. The number of aryl methyl sites for hydroxylation is 1. The fraction of sp³-hybridized carbons (Fsp3) is 0.273. The minimum absolute atomic E-state index is 0.959. The Labute approximate surface area is 93.1 Å². The maximum absolute atomic E-state index is 5.21. The molecule has 0 aliphatic carbocycles. The molecule has 0 bridgehead atoms. The van der Waals surface area contributed by atoms with E-state index in [2.05, 4.69) is 37.8 Å². The first kappa shape index (κ1) is 9.87. The van der Waals surface area contributed by atoms with Crippen molar-refractivity contribution in [2.75, 3.05) is 7.11 Å². The van der Waals surface area contributed by atoms with Gasteiger partial charge in [0.1, 0.15) is 0 Å². The summed E-state index contributed by atoms with van der Waals surface area (Å²) >= 11 is 6.12. The van der Waals surface area contributed by atoms with Crippen molar-refractivity contribution < 1.29 is 4.74 Å². The van der Waals surface area contributed by atoms with Crippen LogP contribution in [0.3, 0.4) is 0 Å². The second-order valence-electron chi connectivity index (χ2n) is 3.14. The van der Waals surface area contributed by atoms with Crippen molar-refractivity contribution >= 4 is 34.1 Å². The fourth-order valence-electron chi connectivity index (χ4n) is 1.48. The van der Waals surface area contributed by atoms with Crippen LogP contribution >= 0.6 is 24.0 Å². The number of fused-ring (bicyclic) bond motifs is 1. The Bertz CT molecular complexity index is 460. The Balaban J connectivity index is 2.64. The van der Waals surface area contributed by atoms with Crippen LogP contribution in [0.5, 0.6) is 5.06 Å². The lowest BCUT2D eigenvalue weighted by molar-refractivity contribution is 0.427. The number of thiol groups is 1. The highest BCUT2D eigenvalue weighted by atomic mass is 32.1. The van der Waals surface area contributed by atoms with Crippen LogP contribution in [-0.4, -0.2) is 7.11 Å². The van der Waals surface area contributed by atoms with Gasteiger partial charge in [-0.15, -0.1) is 12.6 Å². The summed E-state index contributed by atoms with van der Waals surface area (Å²) in [7, 11) is 1.70. The van der Waals surface area contributed by atoms with Gasteiger partial charge in [-0.3, -0.25) is 0 Å². The summed E-state index contributed by atoms with van der Waals surface area (Å²) in [5.41, 5.74) is 1.29. The maximum Gasteiger partial charge on any atom is 0.174 e. The molecule has 3 heteroatoms. The van der Waals surface area contributed by atoms with Crippen molar-refractivity contribution in [3.63, 3.8) is 0 Å². The first-order valence-corrected chi connectivity index (χ1v) is 5.80. The molecule has 0 aliphatic rings. The largest absolute Gasteiger partial charge is 0.487 e. The third kappa shape index (κ3) is 1.62. The highest BCUT2D eigenvalue weighted by molar-refractivity contribution is 7.80. The monoisotopic (exact) mass is 224 g/mol. The Morgan fingerprint density at radius 2 is 2.14 bits per heavy atom. The van der Waals surface area contributed by atoms with E-state index in [-0.39, 0.29) is 0 Å². The van der Waals surface area contributed by atoms with E-state index in [0.717, 1.165) is 16.4 Å². The van der Waals surface area contributed by atoms with E-state index in [1.165, 1.54) is 15.6 Å². The molecule has 0 fully saturated rings. The summed E-state index contributed by atoms with van der Waals surface area (Å²) in [5, 5.41) is 2.21. The number of hydrogen-bond acceptors (Lipinski definition) is 3. The van der Waals surface area contributed by atoms with Gasteiger partial charge < -0.3 is 4.74 Å². The fourth-order valence-corrected chi connectivity index (χ4v) is 2.82. The molecule has 0 N–H and O–H groups in total. The van der Waals surface area contributed by atoms with Crippen molar-refractivity contribution in [1.82, 2.24) is 0 Å². The third-order valence-corrected chi connectivity index (χ3v) is 3.75. The van der Waals surface area contributed by atoms with Crippen LogP contribution in [0.1, 0.15) is 12.5 Å². The predicted octanol–water partition coefficient (Wildman–Crippen LogP) is 3.76. The summed E-state index contributed by atoms with van der Waals surface area (Å²) < 4.78 is 6.45. The highest BCUT2D eigenvalue weighted by Crippen LogP contribution is 2.34. The Kier molecular flexibility index (Phi) is 2.70. The summed E-state index contributed by atoms with van der Waals surface area (Å²) in [4.78, 5) is 1.07. The predicted molar refractivity (Wildman–Crippen MR) is 65.0 cm³/mol. The highest BCUT2D eigenvalue weighted by Gasteiger charge is 2.05. The van der Waals surface area contributed by atoms with E-state index in [0.29, 0.717) is 0 Å². The van der Waals surface area contributed by atoms with E-state index in [9.17, 15) is 0 Å². The van der Waals surface area contributed by atoms with Crippen LogP contribution in [-0.2, 0) is 6.42 Å². The van der Waals surface area contributed by atoms with Gasteiger partial charge in [0.25, 0.3) is 0 Å². The second kappa shape index (κ2) is 3.83. The Hall–Kier alpha value is -0.670. The van der Waals surface area contributed by atoms with Crippen LogP contribution in [0.4, 0.5) is 0 Å². The molecule has 1 aromatic heterocycles. The molecule has 0 radical (unpaired) electrons. The van der Waals surface area contributed by atoms with Gasteiger partial charge in [-0.25, -0.2) is 0 Å². The zero-order valence-corrected chi connectivity index (χ0v) is 9.91. The van der Waals surface area contributed by atoms with Crippen LogP contribution in [0.15, 0.2) is 23.1 Å². The van der Waals surface area contributed by atoms with E-state index >= 15 is 0 Å². The van der Waals surface area contributed by atoms with Gasteiger partial charge in [0.2, 0.25) is 0 Å². The summed E-state index contributed by atoms with van der Waals surface area (Å²) in [6.45, 7) is 2.14. The lowest BCUT2D eigenvalue weighted by Crippen LogP contribution is -1.81. The van der Waals surface area contributed by atoms with Gasteiger partial charge in [0, 0.05) is 9.60 Å². The van der Waals surface area contributed by atoms with E-state index in [1.807, 2.05) is 0 Å². The molecule has 74 valence electrons. The Morgan fingerprint density at radius 3 is 2.79 bits per heavy atom. The number of benzene rings is 1. The SMILES string of the molecule is CCc1cc2cc(OC)sc2cc1S. The summed E-state index contributed by atoms with van der Waals surface area (Å²) in [6, 6.07) is 6.38. The van der Waals surface area contributed by atoms with Crippen molar-refractivity contribution in [3.8, 4) is 5.06 Å². The summed E-state index contributed by atoms with van der Waals surface area (Å²) in [6.07, 6.45) is 1.02. The molecule has 0 spiro atoms. The van der Waals surface area contributed by atoms with Crippen LogP contribution in [0, 0.1) is 0 Å². The normalized spacial score (nSPS) is 10.8. The number of rotatable bonds is 2. The molecule has 1 nitrogen and oxygen atoms in total. The minimum atomic E-state index is 0.959. The molecular formula is C11H12OS2. The molecule has 0 aliphatic heterocycles. The molecule has 2 aromatic rings. The molecule has 0 amide bonds. The van der Waals surface area contributed by atoms with E-state index in [4.69, 9.17) is 4.74 Å². The van der Waals surface area contributed by atoms with Gasteiger partial charge in [-0.05, 0) is 35.6 Å². The zero-order valence-electron chi connectivity index (χ0n) is 8.20. The molecule has 1 aromatic carbocycles. The minimum Gasteiger partial charge on any atom is -0.487 e. The van der Waals surface area contributed by atoms with Crippen LogP contribution in [0.25, 0.3) is 10.1 Å². The molecule has 0 unspecified atom stereocenters. The zero-order chi connectivity index (χ0) is 10.1. The lowest BCUT2D eigenvalue weighted by atomic mass is 10.1. The van der Waals surface area contributed by atoms with Gasteiger partial charge in [0.15, 0.2) is 5.06 Å². The second-order valence-corrected chi connectivity index (χ2v) is 4.67. The standard InChI is InChI=1S/C11H12OS2/c1-3-7-4-8-5-11(12-2)14-10(8)6-9(7)13/h4-6,13H,3H2,1-2H3. The molecule has 2 rings (SSSR count). The van der Waals surface area contributed by atoms with Crippen molar-refractivity contribution in [1.29, 1.82) is 0 Å². The summed E-state index contributed by atoms with van der Waals surface area (Å²) in [5.74, 6) is 0. The number of hydrogen-bond donors (Lipinski definition) is 1. The maximum atomic E-state index is 5.21.